The summed E-state index contributed by atoms with van der Waals surface area (Å²) in [6.45, 7) is 0. The Morgan fingerprint density at radius 1 is 1.30 bits per heavy atom. The summed E-state index contributed by atoms with van der Waals surface area (Å²) < 4.78 is 1.85. The van der Waals surface area contributed by atoms with Crippen LogP contribution in [0.1, 0.15) is 19.3 Å². The maximum atomic E-state index is 11.7. The fourth-order valence-corrected chi connectivity index (χ4v) is 2.04. The van der Waals surface area contributed by atoms with Crippen LogP contribution < -0.4 is 5.32 Å². The third-order valence-corrected chi connectivity index (χ3v) is 3.19. The van der Waals surface area contributed by atoms with Gasteiger partial charge in [0.1, 0.15) is 6.33 Å². The van der Waals surface area contributed by atoms with Crippen LogP contribution in [0.2, 0.25) is 0 Å². The lowest BCUT2D eigenvalue weighted by molar-refractivity contribution is -0.116. The first-order valence-electron chi connectivity index (χ1n) is 6.51. The van der Waals surface area contributed by atoms with Crippen LogP contribution in [-0.2, 0) is 11.8 Å². The molecule has 20 heavy (non-hydrogen) atoms. The van der Waals surface area contributed by atoms with Gasteiger partial charge in [-0.05, 0) is 37.1 Å². The van der Waals surface area contributed by atoms with Crippen LogP contribution in [0.3, 0.4) is 0 Å². The van der Waals surface area contributed by atoms with Gasteiger partial charge < -0.3 is 9.88 Å². The highest BCUT2D eigenvalue weighted by Crippen LogP contribution is 2.18. The molecule has 2 aromatic rings. The lowest BCUT2D eigenvalue weighted by atomic mass is 10.2. The van der Waals surface area contributed by atoms with Gasteiger partial charge in [0, 0.05) is 30.6 Å². The van der Waals surface area contributed by atoms with E-state index in [4.69, 9.17) is 11.6 Å². The van der Waals surface area contributed by atoms with Crippen molar-refractivity contribution in [2.24, 2.45) is 7.05 Å². The molecule has 0 saturated heterocycles. The van der Waals surface area contributed by atoms with Crippen molar-refractivity contribution in [1.82, 2.24) is 14.8 Å². The minimum absolute atomic E-state index is 0.0153. The van der Waals surface area contributed by atoms with Crippen molar-refractivity contribution in [1.29, 1.82) is 0 Å². The number of aryl methyl sites for hydroxylation is 1. The van der Waals surface area contributed by atoms with Gasteiger partial charge in [-0.3, -0.25) is 4.79 Å². The van der Waals surface area contributed by atoms with Crippen molar-refractivity contribution in [3.05, 3.63) is 30.6 Å². The summed E-state index contributed by atoms with van der Waals surface area (Å²) in [6, 6.07) is 7.56. The van der Waals surface area contributed by atoms with E-state index in [-0.39, 0.29) is 5.91 Å². The molecule has 1 aromatic carbocycles. The number of alkyl halides is 1. The van der Waals surface area contributed by atoms with Crippen molar-refractivity contribution in [2.75, 3.05) is 11.2 Å². The van der Waals surface area contributed by atoms with Gasteiger partial charge in [-0.2, -0.15) is 0 Å². The second-order valence-corrected chi connectivity index (χ2v) is 4.92. The fourth-order valence-electron chi connectivity index (χ4n) is 1.85. The van der Waals surface area contributed by atoms with Crippen LogP contribution >= 0.6 is 11.6 Å². The summed E-state index contributed by atoms with van der Waals surface area (Å²) >= 11 is 5.58. The van der Waals surface area contributed by atoms with Crippen LogP contribution in [0, 0.1) is 0 Å². The first-order chi connectivity index (χ1) is 9.70. The molecule has 0 radical (unpaired) electrons. The fraction of sp³-hybridized carbons (Fsp3) is 0.357. The van der Waals surface area contributed by atoms with Crippen LogP contribution in [0.4, 0.5) is 5.69 Å². The van der Waals surface area contributed by atoms with Crippen molar-refractivity contribution >= 4 is 23.2 Å². The minimum atomic E-state index is 0.0153. The van der Waals surface area contributed by atoms with E-state index in [1.54, 1.807) is 6.33 Å². The van der Waals surface area contributed by atoms with Gasteiger partial charge in [0.2, 0.25) is 5.91 Å². The molecule has 0 unspecified atom stereocenters. The number of benzene rings is 1. The van der Waals surface area contributed by atoms with Gasteiger partial charge in [0.05, 0.1) is 0 Å². The largest absolute Gasteiger partial charge is 0.326 e. The van der Waals surface area contributed by atoms with Crippen molar-refractivity contribution < 1.29 is 4.79 Å². The number of hydrogen-bond acceptors (Lipinski definition) is 3. The first kappa shape index (κ1) is 14.5. The van der Waals surface area contributed by atoms with E-state index in [0.29, 0.717) is 12.3 Å². The van der Waals surface area contributed by atoms with Crippen LogP contribution in [0.25, 0.3) is 11.4 Å². The third kappa shape index (κ3) is 3.81. The average Bonchev–Trinajstić information content (AvgIpc) is 2.86. The number of unbranched alkanes of at least 4 members (excludes halogenated alkanes) is 1. The monoisotopic (exact) mass is 292 g/mol. The van der Waals surface area contributed by atoms with Gasteiger partial charge >= 0.3 is 0 Å². The topological polar surface area (TPSA) is 59.8 Å². The Kier molecular flexibility index (Phi) is 5.12. The molecule has 0 bridgehead atoms. The molecule has 1 N–H and O–H groups in total. The second kappa shape index (κ2) is 7.05. The molecule has 5 nitrogen and oxygen atoms in total. The van der Waals surface area contributed by atoms with Crippen LogP contribution in [0.5, 0.6) is 0 Å². The molecule has 1 aromatic heterocycles. The number of hydrogen-bond donors (Lipinski definition) is 1. The van der Waals surface area contributed by atoms with E-state index in [1.165, 1.54) is 0 Å². The van der Waals surface area contributed by atoms with Gasteiger partial charge in [-0.25, -0.2) is 0 Å². The van der Waals surface area contributed by atoms with E-state index < -0.39 is 0 Å². The summed E-state index contributed by atoms with van der Waals surface area (Å²) in [5.74, 6) is 1.41. The van der Waals surface area contributed by atoms with Crippen molar-refractivity contribution in [3.8, 4) is 11.4 Å². The van der Waals surface area contributed by atoms with Gasteiger partial charge in [-0.15, -0.1) is 21.8 Å². The van der Waals surface area contributed by atoms with E-state index in [0.717, 1.165) is 29.9 Å². The maximum absolute atomic E-state index is 11.7. The van der Waals surface area contributed by atoms with Gasteiger partial charge in [-0.1, -0.05) is 0 Å². The summed E-state index contributed by atoms with van der Waals surface area (Å²) in [5, 5.41) is 10.7. The number of nitrogens with zero attached hydrogens (tertiary/aromatic N) is 3. The molecule has 0 fully saturated rings. The zero-order valence-corrected chi connectivity index (χ0v) is 12.1. The zero-order valence-electron chi connectivity index (χ0n) is 11.3. The number of halogens is 1. The summed E-state index contributed by atoms with van der Waals surface area (Å²) in [5.41, 5.74) is 1.75. The molecule has 0 saturated carbocycles. The quantitative estimate of drug-likeness (QED) is 0.658. The van der Waals surface area contributed by atoms with E-state index >= 15 is 0 Å². The summed E-state index contributed by atoms with van der Waals surface area (Å²) in [4.78, 5) is 11.7. The maximum Gasteiger partial charge on any atom is 0.224 e. The number of amides is 1. The number of aromatic nitrogens is 3. The number of anilines is 1. The number of carbonyl (C=O) groups excluding carboxylic acids is 1. The highest BCUT2D eigenvalue weighted by Gasteiger charge is 2.05. The molecule has 2 rings (SSSR count). The van der Waals surface area contributed by atoms with Gasteiger partial charge in [0.15, 0.2) is 5.82 Å². The summed E-state index contributed by atoms with van der Waals surface area (Å²) in [6.07, 6.45) is 3.83. The first-order valence-corrected chi connectivity index (χ1v) is 7.04. The molecule has 106 valence electrons. The van der Waals surface area contributed by atoms with Crippen LogP contribution in [-0.4, -0.2) is 26.6 Å². The van der Waals surface area contributed by atoms with Crippen molar-refractivity contribution in [3.63, 3.8) is 0 Å². The van der Waals surface area contributed by atoms with Crippen molar-refractivity contribution in [2.45, 2.75) is 19.3 Å². The Labute approximate surface area is 123 Å². The SMILES string of the molecule is Cn1cnnc1-c1ccc(NC(=O)CCCCCl)cc1. The highest BCUT2D eigenvalue weighted by molar-refractivity contribution is 6.17. The molecule has 1 amide bonds. The van der Waals surface area contributed by atoms with E-state index in [1.807, 2.05) is 35.9 Å². The normalized spacial score (nSPS) is 10.5. The number of rotatable bonds is 6. The molecular formula is C14H17ClN4O. The average molecular weight is 293 g/mol. The molecule has 0 aliphatic rings. The molecule has 1 heterocycles. The lowest BCUT2D eigenvalue weighted by Crippen LogP contribution is -2.11. The molecule has 0 atom stereocenters. The molecule has 0 aliphatic carbocycles. The number of carbonyl (C=O) groups is 1. The molecule has 6 heteroatoms. The van der Waals surface area contributed by atoms with E-state index in [2.05, 4.69) is 15.5 Å². The molecule has 0 aliphatic heterocycles. The Balaban J connectivity index is 1.95. The molecule has 0 spiro atoms. The second-order valence-electron chi connectivity index (χ2n) is 4.54. The highest BCUT2D eigenvalue weighted by atomic mass is 35.5. The Bertz CT molecular complexity index is 565. The van der Waals surface area contributed by atoms with Gasteiger partial charge in [0.25, 0.3) is 0 Å². The van der Waals surface area contributed by atoms with Crippen LogP contribution in [0.15, 0.2) is 30.6 Å². The smallest absolute Gasteiger partial charge is 0.224 e. The zero-order chi connectivity index (χ0) is 14.4. The molecular weight excluding hydrogens is 276 g/mol. The Morgan fingerprint density at radius 3 is 2.65 bits per heavy atom. The number of nitrogens with one attached hydrogen (secondary N) is 1. The summed E-state index contributed by atoms with van der Waals surface area (Å²) in [7, 11) is 1.89. The predicted molar refractivity (Wildman–Crippen MR) is 79.6 cm³/mol. The Hall–Kier alpha value is -1.88. The lowest BCUT2D eigenvalue weighted by Gasteiger charge is -2.06. The third-order valence-electron chi connectivity index (χ3n) is 2.93. The standard InChI is InChI=1S/C14H17ClN4O/c1-19-10-16-18-14(19)11-5-7-12(8-6-11)17-13(20)4-2-3-9-15/h5-8,10H,2-4,9H2,1H3,(H,17,20). The van der Waals surface area contributed by atoms with E-state index in [9.17, 15) is 4.79 Å². The minimum Gasteiger partial charge on any atom is -0.326 e. The Morgan fingerprint density at radius 2 is 2.05 bits per heavy atom. The predicted octanol–water partition coefficient (Wildman–Crippen LogP) is 2.83.